The average molecular weight is 274 g/mol. The zero-order valence-electron chi connectivity index (χ0n) is 8.87. The monoisotopic (exact) mass is 273 g/mol. The molecule has 0 saturated carbocycles. The summed E-state index contributed by atoms with van der Waals surface area (Å²) in [6, 6.07) is 3.25. The Morgan fingerprint density at radius 1 is 1.29 bits per heavy atom. The van der Waals surface area contributed by atoms with Crippen LogP contribution in [-0.4, -0.2) is 27.3 Å². The van der Waals surface area contributed by atoms with Crippen LogP contribution in [0.15, 0.2) is 12.1 Å². The molecule has 2 aromatic heterocycles. The Balaban J connectivity index is 2.13. The molecule has 0 aliphatic rings. The molecule has 0 amide bonds. The number of aromatic nitrogens is 4. The van der Waals surface area contributed by atoms with Crippen LogP contribution in [0.25, 0.3) is 0 Å². The van der Waals surface area contributed by atoms with E-state index in [1.54, 1.807) is 19.2 Å². The number of methoxy groups -OCH3 is 1. The number of halogens is 2. The predicted octanol–water partition coefficient (Wildman–Crippen LogP) is 2.40. The van der Waals surface area contributed by atoms with Crippen LogP contribution in [0.3, 0.4) is 0 Å². The van der Waals surface area contributed by atoms with Gasteiger partial charge in [0, 0.05) is 12.8 Å². The molecule has 6 nitrogen and oxygen atoms in total. The van der Waals surface area contributed by atoms with Crippen molar-refractivity contribution in [1.29, 1.82) is 0 Å². The summed E-state index contributed by atoms with van der Waals surface area (Å²) in [7, 11) is 1.58. The second-order valence-corrected chi connectivity index (χ2v) is 3.94. The largest absolute Gasteiger partial charge is 0.377 e. The van der Waals surface area contributed by atoms with E-state index in [2.05, 4.69) is 25.5 Å². The van der Waals surface area contributed by atoms with Gasteiger partial charge in [-0.3, -0.25) is 5.10 Å². The van der Waals surface area contributed by atoms with E-state index < -0.39 is 0 Å². The molecule has 0 fully saturated rings. The topological polar surface area (TPSA) is 75.7 Å². The molecule has 0 spiro atoms. The minimum Gasteiger partial charge on any atom is -0.377 e. The van der Waals surface area contributed by atoms with E-state index in [1.165, 1.54) is 0 Å². The molecule has 17 heavy (non-hydrogen) atoms. The number of hydrogen-bond donors (Lipinski definition) is 2. The van der Waals surface area contributed by atoms with Gasteiger partial charge in [0.25, 0.3) is 0 Å². The third-order valence-corrected chi connectivity index (χ3v) is 2.22. The van der Waals surface area contributed by atoms with Gasteiger partial charge in [0.1, 0.15) is 16.9 Å². The van der Waals surface area contributed by atoms with Crippen molar-refractivity contribution in [2.24, 2.45) is 0 Å². The van der Waals surface area contributed by atoms with E-state index in [0.29, 0.717) is 34.4 Å². The summed E-state index contributed by atoms with van der Waals surface area (Å²) < 4.78 is 4.92. The maximum Gasteiger partial charge on any atom is 0.246 e. The first-order valence-corrected chi connectivity index (χ1v) is 5.43. The molecule has 0 aliphatic heterocycles. The number of rotatable bonds is 4. The number of anilines is 2. The molecule has 0 aliphatic carbocycles. The highest BCUT2D eigenvalue weighted by Gasteiger charge is 2.05. The summed E-state index contributed by atoms with van der Waals surface area (Å²) in [6.07, 6.45) is 0. The molecule has 0 atom stereocenters. The van der Waals surface area contributed by atoms with E-state index in [1.807, 2.05) is 0 Å². The fraction of sp³-hybridized carbons (Fsp3) is 0.222. The number of H-pyrrole nitrogens is 1. The highest BCUT2D eigenvalue weighted by Crippen LogP contribution is 2.20. The fourth-order valence-corrected chi connectivity index (χ4v) is 1.68. The van der Waals surface area contributed by atoms with Crippen LogP contribution in [0.5, 0.6) is 0 Å². The van der Waals surface area contributed by atoms with E-state index in [9.17, 15) is 0 Å². The van der Waals surface area contributed by atoms with E-state index in [4.69, 9.17) is 27.9 Å². The second kappa shape index (κ2) is 5.31. The van der Waals surface area contributed by atoms with Crippen molar-refractivity contribution in [2.75, 3.05) is 12.4 Å². The number of nitrogens with one attached hydrogen (secondary N) is 2. The summed E-state index contributed by atoms with van der Waals surface area (Å²) in [4.78, 5) is 7.98. The van der Waals surface area contributed by atoms with Crippen molar-refractivity contribution in [2.45, 2.75) is 6.61 Å². The van der Waals surface area contributed by atoms with Gasteiger partial charge < -0.3 is 10.1 Å². The predicted molar refractivity (Wildman–Crippen MR) is 64.6 cm³/mol. The van der Waals surface area contributed by atoms with Crippen molar-refractivity contribution in [1.82, 2.24) is 20.2 Å². The standard InChI is InChI=1S/C9H9Cl2N5O/c1-17-4-8-14-9(16-15-8)12-5-2-6(10)13-7(11)3-5/h2-3H,4H2,1H3,(H2,12,13,14,15,16). The summed E-state index contributed by atoms with van der Waals surface area (Å²) in [5, 5.41) is 10.2. The lowest BCUT2D eigenvalue weighted by Crippen LogP contribution is -1.94. The molecule has 2 N–H and O–H groups in total. The highest BCUT2D eigenvalue weighted by atomic mass is 35.5. The molecule has 0 bridgehead atoms. The Morgan fingerprint density at radius 3 is 2.65 bits per heavy atom. The van der Waals surface area contributed by atoms with Crippen LogP contribution in [0, 0.1) is 0 Å². The Morgan fingerprint density at radius 2 is 2.00 bits per heavy atom. The summed E-state index contributed by atoms with van der Waals surface area (Å²) in [5.41, 5.74) is 0.665. The molecule has 8 heteroatoms. The molecule has 0 radical (unpaired) electrons. The molecule has 90 valence electrons. The number of nitrogens with zero attached hydrogens (tertiary/aromatic N) is 3. The Labute approximate surface area is 107 Å². The van der Waals surface area contributed by atoms with Gasteiger partial charge >= 0.3 is 0 Å². The lowest BCUT2D eigenvalue weighted by Gasteiger charge is -2.02. The van der Waals surface area contributed by atoms with Gasteiger partial charge in [-0.2, -0.15) is 4.98 Å². The van der Waals surface area contributed by atoms with Crippen molar-refractivity contribution in [3.63, 3.8) is 0 Å². The normalized spacial score (nSPS) is 10.5. The summed E-state index contributed by atoms with van der Waals surface area (Å²) >= 11 is 11.5. The highest BCUT2D eigenvalue weighted by molar-refractivity contribution is 6.32. The number of pyridine rings is 1. The Hall–Kier alpha value is -1.37. The molecular weight excluding hydrogens is 265 g/mol. The molecule has 2 rings (SSSR count). The lowest BCUT2D eigenvalue weighted by atomic mass is 10.4. The van der Waals surface area contributed by atoms with Crippen molar-refractivity contribution in [3.8, 4) is 0 Å². The SMILES string of the molecule is COCc1nc(Nc2cc(Cl)nc(Cl)c2)n[nH]1. The summed E-state index contributed by atoms with van der Waals surface area (Å²) in [5.74, 6) is 1.04. The molecule has 2 heterocycles. The maximum atomic E-state index is 5.77. The first-order valence-electron chi connectivity index (χ1n) is 4.67. The first kappa shape index (κ1) is 12.1. The van der Waals surface area contributed by atoms with E-state index >= 15 is 0 Å². The van der Waals surface area contributed by atoms with Gasteiger partial charge in [0.05, 0.1) is 0 Å². The molecule has 0 unspecified atom stereocenters. The van der Waals surface area contributed by atoms with Gasteiger partial charge in [0.2, 0.25) is 5.95 Å². The van der Waals surface area contributed by atoms with Crippen LogP contribution >= 0.6 is 23.2 Å². The van der Waals surface area contributed by atoms with Gasteiger partial charge in [-0.05, 0) is 12.1 Å². The van der Waals surface area contributed by atoms with Gasteiger partial charge in [0.15, 0.2) is 5.82 Å². The van der Waals surface area contributed by atoms with Crippen LogP contribution in [0.4, 0.5) is 11.6 Å². The van der Waals surface area contributed by atoms with Crippen LogP contribution in [0.2, 0.25) is 10.3 Å². The molecular formula is C9H9Cl2N5O. The fourth-order valence-electron chi connectivity index (χ4n) is 1.22. The maximum absolute atomic E-state index is 5.77. The second-order valence-electron chi connectivity index (χ2n) is 3.16. The minimum absolute atomic E-state index is 0.299. The molecule has 0 aromatic carbocycles. The minimum atomic E-state index is 0.299. The van der Waals surface area contributed by atoms with Crippen molar-refractivity contribution >= 4 is 34.8 Å². The average Bonchev–Trinajstić information content (AvgIpc) is 2.64. The van der Waals surface area contributed by atoms with Crippen LogP contribution in [-0.2, 0) is 11.3 Å². The smallest absolute Gasteiger partial charge is 0.246 e. The molecule has 0 saturated heterocycles. The summed E-state index contributed by atoms with van der Waals surface area (Å²) in [6.45, 7) is 0.368. The van der Waals surface area contributed by atoms with Gasteiger partial charge in [-0.25, -0.2) is 4.98 Å². The van der Waals surface area contributed by atoms with Crippen molar-refractivity contribution in [3.05, 3.63) is 28.3 Å². The number of ether oxygens (including phenoxy) is 1. The lowest BCUT2D eigenvalue weighted by molar-refractivity contribution is 0.178. The number of hydrogen-bond acceptors (Lipinski definition) is 5. The van der Waals surface area contributed by atoms with Crippen LogP contribution in [0.1, 0.15) is 5.82 Å². The van der Waals surface area contributed by atoms with Gasteiger partial charge in [-0.1, -0.05) is 23.2 Å². The third-order valence-electron chi connectivity index (χ3n) is 1.83. The van der Waals surface area contributed by atoms with E-state index in [0.717, 1.165) is 0 Å². The first-order chi connectivity index (χ1) is 8.17. The Bertz CT molecular complexity index is 496. The quantitative estimate of drug-likeness (QED) is 0.837. The zero-order chi connectivity index (χ0) is 12.3. The molecule has 2 aromatic rings. The van der Waals surface area contributed by atoms with Crippen LogP contribution < -0.4 is 5.32 Å². The van der Waals surface area contributed by atoms with Crippen molar-refractivity contribution < 1.29 is 4.74 Å². The zero-order valence-corrected chi connectivity index (χ0v) is 10.4. The van der Waals surface area contributed by atoms with E-state index in [-0.39, 0.29) is 0 Å². The third kappa shape index (κ3) is 3.29. The number of aromatic amines is 1. The Kier molecular flexibility index (Phi) is 3.78. The van der Waals surface area contributed by atoms with Gasteiger partial charge in [-0.15, -0.1) is 5.10 Å².